The van der Waals surface area contributed by atoms with E-state index in [1.54, 1.807) is 56.3 Å². The van der Waals surface area contributed by atoms with Gasteiger partial charge in [-0.25, -0.2) is 0 Å². The molecule has 4 amide bonds. The van der Waals surface area contributed by atoms with Crippen LogP contribution in [0.5, 0.6) is 57.5 Å². The zero-order chi connectivity index (χ0) is 108. The van der Waals surface area contributed by atoms with E-state index in [0.717, 1.165) is 152 Å². The SMILES string of the molecule is C/C(=N\Oc1ccccc1)C(=O)N[C@H](CN1CCCC1)[C@H](O)c1ccc2c(c1)OCCO2.C/C(=N\Oc1ccccc1)C(=O)N[C@H](CN1CCCC1)[C@H](O[Si](C)(C)C(C)(C)C)c1ccc2c(c1)OCCO2.CC(=O)C(=O)N[C@H](CN1CCCC1)[C@H](O[Si](C)(C)C(C)(C)C)c1ccc2c(c1)OCCO2.CC(=O)C(=O)[O-].CC(O)C(=O)N[C@H](CN1CCCC1)[C@H](O[Si](C)(C)C(C)(C)C)c1ccc2c(c1)OCCO2.CC(O)C(=O)[O-].[Na+].[Na+]. The van der Waals surface area contributed by atoms with Crippen molar-refractivity contribution >= 4 is 83.5 Å². The molecule has 14 rings (SSSR count). The molecule has 6 aromatic rings. The van der Waals surface area contributed by atoms with Crippen LogP contribution in [0.15, 0.2) is 144 Å². The summed E-state index contributed by atoms with van der Waals surface area (Å²) in [6.45, 7) is 55.9. The van der Waals surface area contributed by atoms with Crippen molar-refractivity contribution in [3.05, 3.63) is 156 Å². The molecule has 4 fully saturated rings. The molecule has 0 spiro atoms. The van der Waals surface area contributed by atoms with Crippen LogP contribution >= 0.6 is 0 Å². The number of likely N-dealkylation sites (tertiary alicyclic amines) is 4. The van der Waals surface area contributed by atoms with Gasteiger partial charge in [0, 0.05) is 40.0 Å². The van der Waals surface area contributed by atoms with Gasteiger partial charge in [0.2, 0.25) is 11.7 Å². The van der Waals surface area contributed by atoms with Crippen molar-refractivity contribution in [3.63, 3.8) is 0 Å². The number of aliphatic carboxylic acids is 2. The quantitative estimate of drug-likeness (QED) is 0.0107. The number of carboxylic acids is 2. The molecule has 8 aliphatic heterocycles. The van der Waals surface area contributed by atoms with Crippen LogP contribution in [0.2, 0.25) is 54.4 Å². The Morgan fingerprint density at radius 1 is 0.356 bits per heavy atom. The van der Waals surface area contributed by atoms with Gasteiger partial charge < -0.3 is 137 Å². The number of para-hydroxylation sites is 2. The van der Waals surface area contributed by atoms with Crippen LogP contribution in [0.25, 0.3) is 0 Å². The van der Waals surface area contributed by atoms with Crippen molar-refractivity contribution in [1.82, 2.24) is 40.9 Å². The fourth-order valence-electron chi connectivity index (χ4n) is 16.1. The molecular formula is C108H158N10Na2O26Si3. The molecule has 0 saturated carbocycles. The number of benzene rings is 6. The molecular weight excluding hydrogens is 1980 g/mol. The molecule has 0 radical (unpaired) electrons. The second kappa shape index (κ2) is 60.1. The van der Waals surface area contributed by atoms with Crippen molar-refractivity contribution in [1.29, 1.82) is 0 Å². The van der Waals surface area contributed by atoms with Crippen LogP contribution in [0.4, 0.5) is 0 Å². The van der Waals surface area contributed by atoms with Crippen molar-refractivity contribution in [3.8, 4) is 57.5 Å². The van der Waals surface area contributed by atoms with E-state index >= 15 is 0 Å². The third-order valence-electron chi connectivity index (χ3n) is 27.7. The van der Waals surface area contributed by atoms with Gasteiger partial charge in [0.15, 0.2) is 88.2 Å². The van der Waals surface area contributed by atoms with Gasteiger partial charge in [-0.2, -0.15) is 0 Å². The molecule has 8 heterocycles. The number of nitrogens with one attached hydrogen (secondary N) is 4. The number of ketones is 2. The first-order chi connectivity index (χ1) is 69.4. The Hall–Kier alpha value is -8.93. The van der Waals surface area contributed by atoms with E-state index in [1.165, 1.54) is 13.8 Å². The average Bonchev–Trinajstić information content (AvgIpc) is 1.37. The van der Waals surface area contributed by atoms with Crippen LogP contribution in [-0.2, 0) is 51.6 Å². The first-order valence-electron chi connectivity index (χ1n) is 51.1. The molecule has 0 aliphatic carbocycles. The normalized spacial score (nSPS) is 17.8. The number of ether oxygens (including phenoxy) is 8. The van der Waals surface area contributed by atoms with E-state index in [9.17, 15) is 58.8 Å². The predicted molar refractivity (Wildman–Crippen MR) is 563 cm³/mol. The van der Waals surface area contributed by atoms with Crippen LogP contribution in [0.3, 0.4) is 0 Å². The summed E-state index contributed by atoms with van der Waals surface area (Å²) in [4.78, 5) is 111. The molecule has 810 valence electrons. The molecule has 36 nitrogen and oxygen atoms in total. The smallest absolute Gasteiger partial charge is 0.547 e. The summed E-state index contributed by atoms with van der Waals surface area (Å²) < 4.78 is 66.9. The predicted octanol–water partition coefficient (Wildman–Crippen LogP) is 5.71. The number of amides is 4. The van der Waals surface area contributed by atoms with Gasteiger partial charge in [0.1, 0.15) is 82.5 Å². The number of carbonyl (C=O) groups is 8. The van der Waals surface area contributed by atoms with E-state index in [2.05, 4.69) is 153 Å². The van der Waals surface area contributed by atoms with Gasteiger partial charge in [0.05, 0.1) is 54.6 Å². The molecule has 10 atom stereocenters. The zero-order valence-electron chi connectivity index (χ0n) is 91.7. The Bertz CT molecular complexity index is 5330. The van der Waals surface area contributed by atoms with E-state index in [1.807, 2.05) is 91.0 Å². The first-order valence-corrected chi connectivity index (χ1v) is 59.8. The number of carboxylic acid groups (broad SMARTS) is 2. The number of Topliss-reactive ketones (excluding diaryl/α,β-unsaturated/α-hetero) is 2. The third kappa shape index (κ3) is 40.2. The first kappa shape index (κ1) is 127. The second-order valence-corrected chi connectivity index (χ2v) is 56.8. The van der Waals surface area contributed by atoms with Gasteiger partial charge in [-0.05, 0) is 281 Å². The van der Waals surface area contributed by atoms with Gasteiger partial charge in [0.25, 0.3) is 17.7 Å². The molecule has 149 heavy (non-hydrogen) atoms. The van der Waals surface area contributed by atoms with Crippen molar-refractivity contribution in [2.24, 2.45) is 10.3 Å². The minimum Gasteiger partial charge on any atom is -0.547 e. The Labute approximate surface area is 926 Å². The summed E-state index contributed by atoms with van der Waals surface area (Å²) in [5.41, 5.74) is 3.92. The third-order valence-corrected chi connectivity index (χ3v) is 41.1. The number of hydrogen-bond donors (Lipinski definition) is 7. The van der Waals surface area contributed by atoms with Crippen molar-refractivity contribution in [2.75, 3.05) is 131 Å². The minimum atomic E-state index is -2.24. The molecule has 4 saturated heterocycles. The summed E-state index contributed by atoms with van der Waals surface area (Å²) in [7, 11) is -6.64. The van der Waals surface area contributed by atoms with E-state index < -0.39 is 84.8 Å². The van der Waals surface area contributed by atoms with E-state index in [-0.39, 0.29) is 134 Å². The van der Waals surface area contributed by atoms with Gasteiger partial charge in [-0.1, -0.05) is 133 Å². The molecule has 6 aromatic carbocycles. The molecule has 41 heteroatoms. The van der Waals surface area contributed by atoms with Crippen LogP contribution in [0, 0.1) is 0 Å². The average molecular weight is 2140 g/mol. The number of fused-ring (bicyclic) bond motifs is 4. The summed E-state index contributed by atoms with van der Waals surface area (Å²) in [5, 5.41) is 67.9. The van der Waals surface area contributed by atoms with Crippen LogP contribution < -0.4 is 138 Å². The largest absolute Gasteiger partial charge is 1.00 e. The number of rotatable bonds is 36. The number of carbonyl (C=O) groups excluding carboxylic acids is 8. The molecule has 0 aromatic heterocycles. The number of hydrogen-bond acceptors (Lipinski definition) is 32. The molecule has 2 unspecified atom stereocenters. The maximum Gasteiger partial charge on any atom is 1.00 e. The Kier molecular flexibility index (Phi) is 51.2. The van der Waals surface area contributed by atoms with Gasteiger partial charge in [-0.15, -0.1) is 0 Å². The van der Waals surface area contributed by atoms with Crippen LogP contribution in [0.1, 0.15) is 202 Å². The van der Waals surface area contributed by atoms with Crippen molar-refractivity contribution < 1.29 is 184 Å². The zero-order valence-corrected chi connectivity index (χ0v) is 98.7. The fraction of sp³-hybridized carbons (Fsp3) is 0.574. The standard InChI is InChI=1S/C30H43N3O5Si.C24H29N3O5.C24H40N2O5Si.C24H38N2O5Si.C3H6O3.C3H4O3.2Na/c1-22(32-37-24-12-8-7-9-13-24)29(34)31-25(21-33-16-10-11-17-33)28(38-39(5,6)30(2,3)4)23-14-15-26-27(20-23)36-19-18-35-26;1-17(26-32-19-7-3-2-4-8-19)24(29)25-20(16-27-11-5-6-12-27)23(28)18-9-10-21-22(15-18)31-14-13-30-21;2*1-17(27)23(28)25-19(16-26-11-7-8-12-26)22(31-32(5,6)24(2,3)4)18-9-10-20-21(15-18)30-14-13-29-20;2*1-2(4)3(5)6;;/h7-9,12-15,20,25,28H,10-11,16-19,21H2,1-6H3,(H,31,34);2-4,7-10,15,20,23,28H,5-6,11-14,16H2,1H3,(H,25,29);9-10,15,17,19,22,27H,7-8,11-14,16H2,1-6H3,(H,25,28);9-10,15,19,22H,7-8,11-14,16H2,1-6H3,(H,25,28);2,4H,1H3,(H,5,6);1H3,(H,5,6);;/q;;;;;;2*+1/p-2/b32-22+;26-17+;;;;;;/t25-,28-;20-,23-;17?,19-,22-;19-,22-;;;;/m1111..../s1. The van der Waals surface area contributed by atoms with Gasteiger partial charge in [-0.3, -0.25) is 28.8 Å². The number of nitrogens with zero attached hydrogens (tertiary/aromatic N) is 6. The number of aliphatic hydroxyl groups is 3. The van der Waals surface area contributed by atoms with E-state index in [0.29, 0.717) is 125 Å². The maximum atomic E-state index is 13.5. The molecule has 8 aliphatic rings. The van der Waals surface area contributed by atoms with Gasteiger partial charge >= 0.3 is 59.1 Å². The number of aliphatic hydroxyl groups excluding tert-OH is 3. The molecule has 0 bridgehead atoms. The minimum absolute atomic E-state index is 0. The maximum absolute atomic E-state index is 13.5. The fourth-order valence-corrected chi connectivity index (χ4v) is 19.9. The Morgan fingerprint density at radius 2 is 0.597 bits per heavy atom. The summed E-state index contributed by atoms with van der Waals surface area (Å²) in [6, 6.07) is 39.9. The summed E-state index contributed by atoms with van der Waals surface area (Å²) >= 11 is 0. The Morgan fingerprint density at radius 3 is 0.852 bits per heavy atom. The number of oxime groups is 2. The van der Waals surface area contributed by atoms with E-state index in [4.69, 9.17) is 66.0 Å². The topological polar surface area (TPSA) is 449 Å². The van der Waals surface area contributed by atoms with Crippen LogP contribution in [-0.4, -0.2) is 286 Å². The summed E-state index contributed by atoms with van der Waals surface area (Å²) in [5.74, 6) is 0.564. The monoisotopic (exact) mass is 2140 g/mol. The second-order valence-electron chi connectivity index (χ2n) is 42.6. The van der Waals surface area contributed by atoms with Crippen molar-refractivity contribution in [2.45, 2.75) is 270 Å². The Balaban J connectivity index is 0.000000258. The molecule has 7 N–H and O–H groups in total. The summed E-state index contributed by atoms with van der Waals surface area (Å²) in [6.07, 6.45) is 4.67.